The second-order valence-electron chi connectivity index (χ2n) is 7.15. The third-order valence-corrected chi connectivity index (χ3v) is 5.57. The number of piperidine rings is 1. The van der Waals surface area contributed by atoms with Gasteiger partial charge in [0.2, 0.25) is 5.91 Å². The van der Waals surface area contributed by atoms with Crippen molar-refractivity contribution >= 4 is 47.6 Å². The average Bonchev–Trinajstić information content (AvgIpc) is 2.67. The molecule has 1 aromatic rings. The van der Waals surface area contributed by atoms with E-state index in [1.165, 1.54) is 12.5 Å². The van der Waals surface area contributed by atoms with Crippen LogP contribution in [-0.4, -0.2) is 48.7 Å². The molecule has 1 amide bonds. The minimum atomic E-state index is -0.215. The number of benzene rings is 1. The summed E-state index contributed by atoms with van der Waals surface area (Å²) in [7, 11) is 0. The predicted octanol–water partition coefficient (Wildman–Crippen LogP) is 4.15. The van der Waals surface area contributed by atoms with Crippen molar-refractivity contribution < 1.29 is 9.18 Å². The number of nitrogens with one attached hydrogen (secondary N) is 2. The van der Waals surface area contributed by atoms with Crippen molar-refractivity contribution in [1.82, 2.24) is 15.5 Å². The minimum absolute atomic E-state index is 0. The standard InChI is InChI=1S/C21H33FN4OS.HI/c1-4-23-21(24-11-10-20(27)26-12-6-5-7-16(26)2)25-14-17-8-9-19(22)13-18(17)15-28-3;/h8-9,13,16H,4-7,10-12,14-15H2,1-3H3,(H2,23,24,25);1H. The molecule has 1 atom stereocenters. The number of aliphatic imine (C=N–C) groups is 1. The quantitative estimate of drug-likeness (QED) is 0.298. The highest BCUT2D eigenvalue weighted by Gasteiger charge is 2.22. The van der Waals surface area contributed by atoms with Gasteiger partial charge in [-0.2, -0.15) is 11.8 Å². The summed E-state index contributed by atoms with van der Waals surface area (Å²) in [6.07, 6.45) is 5.87. The van der Waals surface area contributed by atoms with Crippen LogP contribution in [0.2, 0.25) is 0 Å². The van der Waals surface area contributed by atoms with E-state index in [-0.39, 0.29) is 35.7 Å². The number of hydrogen-bond donors (Lipinski definition) is 2. The first-order valence-electron chi connectivity index (χ1n) is 10.1. The Bertz CT molecular complexity index is 674. The van der Waals surface area contributed by atoms with Gasteiger partial charge >= 0.3 is 0 Å². The molecular weight excluding hydrogens is 502 g/mol. The summed E-state index contributed by atoms with van der Waals surface area (Å²) >= 11 is 1.66. The number of halogens is 2. The zero-order chi connectivity index (χ0) is 20.4. The third kappa shape index (κ3) is 8.70. The van der Waals surface area contributed by atoms with Gasteiger partial charge in [-0.1, -0.05) is 6.07 Å². The van der Waals surface area contributed by atoms with Crippen molar-refractivity contribution in [2.75, 3.05) is 25.9 Å². The van der Waals surface area contributed by atoms with Crippen molar-refractivity contribution in [2.45, 2.75) is 57.9 Å². The summed E-state index contributed by atoms with van der Waals surface area (Å²) in [5.74, 6) is 1.43. The van der Waals surface area contributed by atoms with E-state index in [1.807, 2.05) is 18.1 Å². The van der Waals surface area contributed by atoms with Crippen LogP contribution < -0.4 is 10.6 Å². The van der Waals surface area contributed by atoms with Crippen molar-refractivity contribution in [1.29, 1.82) is 0 Å². The van der Waals surface area contributed by atoms with Gasteiger partial charge in [-0.3, -0.25) is 4.79 Å². The van der Waals surface area contributed by atoms with E-state index in [4.69, 9.17) is 0 Å². The molecule has 2 rings (SSSR count). The summed E-state index contributed by atoms with van der Waals surface area (Å²) in [5, 5.41) is 6.46. The Hall–Kier alpha value is -1.03. The molecule has 0 aliphatic carbocycles. The lowest BCUT2D eigenvalue weighted by Crippen LogP contribution is -2.44. The SMILES string of the molecule is CCNC(=NCc1ccc(F)cc1CSC)NCCC(=O)N1CCCCC1C.I. The molecule has 164 valence electrons. The summed E-state index contributed by atoms with van der Waals surface area (Å²) in [6, 6.07) is 5.21. The first-order valence-corrected chi connectivity index (χ1v) is 11.5. The zero-order valence-corrected chi connectivity index (χ0v) is 20.8. The van der Waals surface area contributed by atoms with Crippen LogP contribution in [0.25, 0.3) is 0 Å². The molecule has 5 nitrogen and oxygen atoms in total. The number of hydrogen-bond acceptors (Lipinski definition) is 3. The average molecular weight is 536 g/mol. The molecular formula is C21H34FIN4OS. The topological polar surface area (TPSA) is 56.7 Å². The fraction of sp³-hybridized carbons (Fsp3) is 0.619. The normalized spacial score (nSPS) is 16.9. The largest absolute Gasteiger partial charge is 0.357 e. The lowest BCUT2D eigenvalue weighted by Gasteiger charge is -2.33. The number of thioether (sulfide) groups is 1. The van der Waals surface area contributed by atoms with E-state index < -0.39 is 0 Å². The smallest absolute Gasteiger partial charge is 0.224 e. The molecule has 1 fully saturated rings. The number of carbonyl (C=O) groups excluding carboxylic acids is 1. The molecule has 1 unspecified atom stereocenters. The number of rotatable bonds is 8. The second kappa shape index (κ2) is 14.1. The first kappa shape index (κ1) is 26.0. The maximum absolute atomic E-state index is 13.5. The van der Waals surface area contributed by atoms with E-state index in [2.05, 4.69) is 22.5 Å². The molecule has 0 bridgehead atoms. The van der Waals surface area contributed by atoms with E-state index in [0.717, 1.165) is 42.8 Å². The first-order chi connectivity index (χ1) is 13.5. The fourth-order valence-corrected chi connectivity index (χ4v) is 4.02. The Morgan fingerprint density at radius 3 is 2.79 bits per heavy atom. The number of carbonyl (C=O) groups is 1. The lowest BCUT2D eigenvalue weighted by atomic mass is 10.0. The summed E-state index contributed by atoms with van der Waals surface area (Å²) in [6.45, 7) is 6.78. The van der Waals surface area contributed by atoms with Gasteiger partial charge in [0.15, 0.2) is 5.96 Å². The Morgan fingerprint density at radius 2 is 2.10 bits per heavy atom. The van der Waals surface area contributed by atoms with Gasteiger partial charge in [-0.25, -0.2) is 9.38 Å². The van der Waals surface area contributed by atoms with Gasteiger partial charge < -0.3 is 15.5 Å². The van der Waals surface area contributed by atoms with Gasteiger partial charge in [-0.15, -0.1) is 24.0 Å². The number of nitrogens with zero attached hydrogens (tertiary/aromatic N) is 2. The summed E-state index contributed by atoms with van der Waals surface area (Å²) in [4.78, 5) is 19.1. The molecule has 0 spiro atoms. The number of guanidine groups is 1. The van der Waals surface area contributed by atoms with Gasteiger partial charge in [0, 0.05) is 37.8 Å². The summed E-state index contributed by atoms with van der Waals surface area (Å²) in [5.41, 5.74) is 1.99. The molecule has 1 aliphatic heterocycles. The van der Waals surface area contributed by atoms with Crippen LogP contribution in [0.15, 0.2) is 23.2 Å². The molecule has 29 heavy (non-hydrogen) atoms. The van der Waals surface area contributed by atoms with Crippen LogP contribution in [0.4, 0.5) is 4.39 Å². The molecule has 0 saturated carbocycles. The Balaban J connectivity index is 0.00000420. The molecule has 2 N–H and O–H groups in total. The Kier molecular flexibility index (Phi) is 12.6. The monoisotopic (exact) mass is 536 g/mol. The molecule has 1 heterocycles. The Morgan fingerprint density at radius 1 is 1.31 bits per heavy atom. The predicted molar refractivity (Wildman–Crippen MR) is 131 cm³/mol. The highest BCUT2D eigenvalue weighted by atomic mass is 127. The second-order valence-corrected chi connectivity index (χ2v) is 8.02. The highest BCUT2D eigenvalue weighted by Crippen LogP contribution is 2.18. The van der Waals surface area contributed by atoms with Gasteiger partial charge in [0.05, 0.1) is 6.54 Å². The molecule has 1 saturated heterocycles. The molecule has 1 aliphatic rings. The van der Waals surface area contributed by atoms with Crippen molar-refractivity contribution in [3.8, 4) is 0 Å². The van der Waals surface area contributed by atoms with Gasteiger partial charge in [-0.05, 0) is 62.6 Å². The van der Waals surface area contributed by atoms with Crippen LogP contribution in [0, 0.1) is 5.82 Å². The van der Waals surface area contributed by atoms with E-state index >= 15 is 0 Å². The van der Waals surface area contributed by atoms with Crippen LogP contribution in [0.5, 0.6) is 0 Å². The van der Waals surface area contributed by atoms with Gasteiger partial charge in [0.1, 0.15) is 5.82 Å². The van der Waals surface area contributed by atoms with Crippen LogP contribution >= 0.6 is 35.7 Å². The van der Waals surface area contributed by atoms with Crippen molar-refractivity contribution in [2.24, 2.45) is 4.99 Å². The van der Waals surface area contributed by atoms with Crippen LogP contribution in [0.3, 0.4) is 0 Å². The van der Waals surface area contributed by atoms with Crippen LogP contribution in [0.1, 0.15) is 50.7 Å². The number of likely N-dealkylation sites (tertiary alicyclic amines) is 1. The maximum Gasteiger partial charge on any atom is 0.224 e. The minimum Gasteiger partial charge on any atom is -0.357 e. The Labute approximate surface area is 195 Å². The molecule has 0 aromatic heterocycles. The third-order valence-electron chi connectivity index (χ3n) is 4.97. The van der Waals surface area contributed by atoms with Crippen molar-refractivity contribution in [3.63, 3.8) is 0 Å². The van der Waals surface area contributed by atoms with E-state index in [0.29, 0.717) is 31.5 Å². The zero-order valence-electron chi connectivity index (χ0n) is 17.7. The lowest BCUT2D eigenvalue weighted by molar-refractivity contribution is -0.134. The maximum atomic E-state index is 13.5. The van der Waals surface area contributed by atoms with E-state index in [9.17, 15) is 9.18 Å². The number of amides is 1. The fourth-order valence-electron chi connectivity index (χ4n) is 3.44. The van der Waals surface area contributed by atoms with E-state index in [1.54, 1.807) is 23.9 Å². The molecule has 0 radical (unpaired) electrons. The molecule has 1 aromatic carbocycles. The summed E-state index contributed by atoms with van der Waals surface area (Å²) < 4.78 is 13.5. The van der Waals surface area contributed by atoms with Gasteiger partial charge in [0.25, 0.3) is 0 Å². The highest BCUT2D eigenvalue weighted by molar-refractivity contribution is 14.0. The van der Waals surface area contributed by atoms with Crippen molar-refractivity contribution in [3.05, 3.63) is 35.1 Å². The van der Waals surface area contributed by atoms with Crippen LogP contribution in [-0.2, 0) is 17.1 Å². The molecule has 8 heteroatoms.